The number of aromatic nitrogens is 1. The predicted octanol–water partition coefficient (Wildman–Crippen LogP) is 3.45. The zero-order valence-corrected chi connectivity index (χ0v) is 15.4. The van der Waals surface area contributed by atoms with Crippen LogP contribution < -0.4 is 0 Å². The number of aliphatic hydroxyl groups is 1. The highest BCUT2D eigenvalue weighted by Gasteiger charge is 2.24. The van der Waals surface area contributed by atoms with Gasteiger partial charge in [0.15, 0.2) is 0 Å². The van der Waals surface area contributed by atoms with Crippen LogP contribution in [0.5, 0.6) is 0 Å². The number of aliphatic hydroxyl groups excluding tert-OH is 1. The van der Waals surface area contributed by atoms with Crippen LogP contribution in [-0.2, 0) is 6.54 Å². The molecule has 4 nitrogen and oxygen atoms in total. The van der Waals surface area contributed by atoms with Gasteiger partial charge in [0.2, 0.25) is 0 Å². The monoisotopic (exact) mass is 334 g/mol. The van der Waals surface area contributed by atoms with Crippen LogP contribution >= 0.6 is 11.3 Å². The first-order valence-electron chi connectivity index (χ1n) is 7.99. The zero-order chi connectivity index (χ0) is 17.1. The largest absolute Gasteiger partial charge is 0.392 e. The van der Waals surface area contributed by atoms with Crippen LogP contribution in [0.25, 0.3) is 0 Å². The highest BCUT2D eigenvalue weighted by molar-refractivity contribution is 7.09. The molecule has 1 atom stereocenters. The van der Waals surface area contributed by atoms with Gasteiger partial charge in [0, 0.05) is 28.9 Å². The summed E-state index contributed by atoms with van der Waals surface area (Å²) in [6.07, 6.45) is -0.532. The second-order valence-electron chi connectivity index (χ2n) is 6.35. The summed E-state index contributed by atoms with van der Waals surface area (Å²) in [6.45, 7) is 10.8. The van der Waals surface area contributed by atoms with E-state index in [2.05, 4.69) is 16.0 Å². The molecule has 0 saturated heterocycles. The Balaban J connectivity index is 2.30. The van der Waals surface area contributed by atoms with Crippen molar-refractivity contribution in [3.63, 3.8) is 0 Å². The van der Waals surface area contributed by atoms with Crippen LogP contribution in [0.1, 0.15) is 47.4 Å². The third-order valence-corrected chi connectivity index (χ3v) is 4.90. The van der Waals surface area contributed by atoms with Crippen LogP contribution in [0.3, 0.4) is 0 Å². The van der Waals surface area contributed by atoms with E-state index >= 15 is 0 Å². The van der Waals surface area contributed by atoms with Gasteiger partial charge in [0.25, 0.3) is 5.91 Å². The van der Waals surface area contributed by atoms with E-state index in [1.807, 2.05) is 39.8 Å². The topological polar surface area (TPSA) is 45.5 Å². The molecule has 1 N–H and O–H groups in total. The highest BCUT2D eigenvalue weighted by Crippen LogP contribution is 2.21. The molecule has 0 aromatic carbocycles. The summed E-state index contributed by atoms with van der Waals surface area (Å²) in [5, 5.41) is 11.7. The fourth-order valence-corrected chi connectivity index (χ4v) is 3.48. The van der Waals surface area contributed by atoms with E-state index in [1.165, 1.54) is 4.88 Å². The Morgan fingerprint density at radius 2 is 2.04 bits per heavy atom. The van der Waals surface area contributed by atoms with Gasteiger partial charge in [-0.25, -0.2) is 0 Å². The summed E-state index contributed by atoms with van der Waals surface area (Å²) >= 11 is 1.72. The number of hydrogen-bond donors (Lipinski definition) is 1. The predicted molar refractivity (Wildman–Crippen MR) is 95.2 cm³/mol. The van der Waals surface area contributed by atoms with Gasteiger partial charge >= 0.3 is 0 Å². The van der Waals surface area contributed by atoms with E-state index < -0.39 is 6.10 Å². The summed E-state index contributed by atoms with van der Waals surface area (Å²) in [5.41, 5.74) is 2.80. The van der Waals surface area contributed by atoms with Gasteiger partial charge in [0.1, 0.15) is 0 Å². The Bertz CT molecular complexity index is 657. The molecule has 1 unspecified atom stereocenters. The van der Waals surface area contributed by atoms with Gasteiger partial charge < -0.3 is 14.6 Å². The number of hydrogen-bond acceptors (Lipinski definition) is 3. The average molecular weight is 334 g/mol. The molecule has 2 heterocycles. The Morgan fingerprint density at radius 1 is 1.35 bits per heavy atom. The Morgan fingerprint density at radius 3 is 2.57 bits per heavy atom. The van der Waals surface area contributed by atoms with E-state index in [4.69, 9.17) is 0 Å². The standard InChI is InChI=1S/C18H26N2O2S/c1-12(2)19(10-14(4)21)18(22)17-9-13(3)20(15(17)5)11-16-7-6-8-23-16/h6-9,12,14,21H,10-11H2,1-5H3. The maximum absolute atomic E-state index is 12.9. The number of rotatable bonds is 6. The molecule has 0 fully saturated rings. The summed E-state index contributed by atoms with van der Waals surface area (Å²) in [6, 6.07) is 6.17. The number of thiophene rings is 1. The van der Waals surface area contributed by atoms with Gasteiger partial charge in [-0.1, -0.05) is 6.07 Å². The molecule has 0 aliphatic heterocycles. The van der Waals surface area contributed by atoms with Crippen LogP contribution in [0.15, 0.2) is 23.6 Å². The summed E-state index contributed by atoms with van der Waals surface area (Å²) in [5.74, 6) is -0.00794. The second-order valence-corrected chi connectivity index (χ2v) is 7.38. The van der Waals surface area contributed by atoms with E-state index in [-0.39, 0.29) is 11.9 Å². The first-order chi connectivity index (χ1) is 10.8. The van der Waals surface area contributed by atoms with Crippen molar-refractivity contribution < 1.29 is 9.90 Å². The summed E-state index contributed by atoms with van der Waals surface area (Å²) in [4.78, 5) is 15.9. The van der Waals surface area contributed by atoms with Gasteiger partial charge in [-0.05, 0) is 52.1 Å². The van der Waals surface area contributed by atoms with Crippen molar-refractivity contribution in [1.29, 1.82) is 0 Å². The third kappa shape index (κ3) is 4.03. The summed E-state index contributed by atoms with van der Waals surface area (Å²) < 4.78 is 2.18. The van der Waals surface area contributed by atoms with E-state index in [9.17, 15) is 9.90 Å². The van der Waals surface area contributed by atoms with Crippen molar-refractivity contribution in [2.24, 2.45) is 0 Å². The lowest BCUT2D eigenvalue weighted by molar-refractivity contribution is 0.0578. The minimum Gasteiger partial charge on any atom is -0.392 e. The van der Waals surface area contributed by atoms with Crippen LogP contribution in [0.2, 0.25) is 0 Å². The van der Waals surface area contributed by atoms with Gasteiger partial charge in [-0.3, -0.25) is 4.79 Å². The van der Waals surface area contributed by atoms with Crippen molar-refractivity contribution in [1.82, 2.24) is 9.47 Å². The molecular formula is C18H26N2O2S. The van der Waals surface area contributed by atoms with E-state index in [0.29, 0.717) is 6.54 Å². The number of carbonyl (C=O) groups excluding carboxylic acids is 1. The smallest absolute Gasteiger partial charge is 0.256 e. The fraction of sp³-hybridized carbons (Fsp3) is 0.500. The molecule has 0 saturated carbocycles. The second kappa shape index (κ2) is 7.32. The molecule has 2 aromatic heterocycles. The molecule has 126 valence electrons. The summed E-state index contributed by atoms with van der Waals surface area (Å²) in [7, 11) is 0. The van der Waals surface area contributed by atoms with Crippen molar-refractivity contribution in [2.45, 2.75) is 53.3 Å². The maximum Gasteiger partial charge on any atom is 0.256 e. The van der Waals surface area contributed by atoms with Crippen LogP contribution in [0, 0.1) is 13.8 Å². The number of carbonyl (C=O) groups is 1. The van der Waals surface area contributed by atoms with Crippen molar-refractivity contribution >= 4 is 17.2 Å². The molecular weight excluding hydrogens is 308 g/mol. The molecule has 0 bridgehead atoms. The van der Waals surface area contributed by atoms with Crippen molar-refractivity contribution in [3.8, 4) is 0 Å². The first-order valence-corrected chi connectivity index (χ1v) is 8.87. The van der Waals surface area contributed by atoms with E-state index in [0.717, 1.165) is 23.5 Å². The number of nitrogens with zero attached hydrogens (tertiary/aromatic N) is 2. The molecule has 23 heavy (non-hydrogen) atoms. The molecule has 2 rings (SSSR count). The lowest BCUT2D eigenvalue weighted by Gasteiger charge is -2.28. The van der Waals surface area contributed by atoms with Crippen LogP contribution in [-0.4, -0.2) is 39.2 Å². The highest BCUT2D eigenvalue weighted by atomic mass is 32.1. The molecule has 2 aromatic rings. The first kappa shape index (κ1) is 17.8. The Hall–Kier alpha value is -1.59. The maximum atomic E-state index is 12.9. The number of amides is 1. The normalized spacial score (nSPS) is 12.7. The minimum absolute atomic E-state index is 0.00794. The molecule has 0 radical (unpaired) electrons. The average Bonchev–Trinajstić information content (AvgIpc) is 3.07. The molecule has 5 heteroatoms. The SMILES string of the molecule is Cc1cc(C(=O)N(CC(C)O)C(C)C)c(C)n1Cc1cccs1. The van der Waals surface area contributed by atoms with Gasteiger partial charge in [-0.15, -0.1) is 11.3 Å². The molecule has 0 spiro atoms. The van der Waals surface area contributed by atoms with E-state index in [1.54, 1.807) is 23.2 Å². The molecule has 1 amide bonds. The zero-order valence-electron chi connectivity index (χ0n) is 14.5. The van der Waals surface area contributed by atoms with Crippen LogP contribution in [0.4, 0.5) is 0 Å². The van der Waals surface area contributed by atoms with Gasteiger partial charge in [-0.2, -0.15) is 0 Å². The fourth-order valence-electron chi connectivity index (χ4n) is 2.79. The van der Waals surface area contributed by atoms with Gasteiger partial charge in [0.05, 0.1) is 18.2 Å². The quantitative estimate of drug-likeness (QED) is 0.879. The third-order valence-electron chi connectivity index (χ3n) is 4.04. The Labute approximate surface area is 142 Å². The molecule has 0 aliphatic carbocycles. The Kier molecular flexibility index (Phi) is 5.65. The van der Waals surface area contributed by atoms with Crippen molar-refractivity contribution in [3.05, 3.63) is 45.4 Å². The molecule has 0 aliphatic rings. The number of aryl methyl sites for hydroxylation is 1. The lowest BCUT2D eigenvalue weighted by atomic mass is 10.1. The lowest BCUT2D eigenvalue weighted by Crippen LogP contribution is -2.41. The van der Waals surface area contributed by atoms with Crippen molar-refractivity contribution in [2.75, 3.05) is 6.54 Å². The minimum atomic E-state index is -0.532.